The van der Waals surface area contributed by atoms with E-state index in [0.717, 1.165) is 35.9 Å². The van der Waals surface area contributed by atoms with Gasteiger partial charge in [0.25, 0.3) is 0 Å². The van der Waals surface area contributed by atoms with E-state index in [9.17, 15) is 0 Å². The summed E-state index contributed by atoms with van der Waals surface area (Å²) < 4.78 is 0. The van der Waals surface area contributed by atoms with Crippen molar-refractivity contribution in [3.05, 3.63) is 57.7 Å². The molecule has 1 aromatic heterocycles. The maximum atomic E-state index is 5.13. The molecular weight excluding hydrogens is 424 g/mol. The Balaban J connectivity index is 1.87. The number of likely N-dealkylation sites (tertiary alicyclic amines) is 1. The Bertz CT molecular complexity index is 961. The third kappa shape index (κ3) is 6.54. The smallest absolute Gasteiger partial charge is 0.0897 e. The summed E-state index contributed by atoms with van der Waals surface area (Å²) in [5.74, 6) is 0.263. The topological polar surface area (TPSA) is 40.5 Å². The van der Waals surface area contributed by atoms with Gasteiger partial charge in [-0.25, -0.2) is 4.98 Å². The Morgan fingerprint density at radius 1 is 1.18 bits per heavy atom. The van der Waals surface area contributed by atoms with Gasteiger partial charge in [0.15, 0.2) is 0 Å². The Hall–Kier alpha value is -1.98. The molecular formula is C28H42N4S. The molecule has 0 aliphatic carbocycles. The number of aryl methyl sites for hydroxylation is 3. The summed E-state index contributed by atoms with van der Waals surface area (Å²) in [7, 11) is 0. The molecule has 1 aliphatic rings. The van der Waals surface area contributed by atoms with Gasteiger partial charge < -0.3 is 10.2 Å². The molecule has 1 N–H and O–H groups in total. The van der Waals surface area contributed by atoms with E-state index in [1.807, 2.05) is 6.20 Å². The normalized spacial score (nSPS) is 17.2. The van der Waals surface area contributed by atoms with Gasteiger partial charge in [0.05, 0.1) is 10.7 Å². The molecule has 0 spiro atoms. The summed E-state index contributed by atoms with van der Waals surface area (Å²) in [6, 6.07) is 6.62. The van der Waals surface area contributed by atoms with Crippen LogP contribution in [0.25, 0.3) is 0 Å². The quantitative estimate of drug-likeness (QED) is 0.401. The molecule has 1 aromatic carbocycles. The van der Waals surface area contributed by atoms with Crippen molar-refractivity contribution in [2.75, 3.05) is 13.1 Å². The highest BCUT2D eigenvalue weighted by Gasteiger charge is 2.31. The Morgan fingerprint density at radius 3 is 2.39 bits per heavy atom. The molecule has 2 aromatic rings. The molecule has 180 valence electrons. The molecule has 0 saturated carbocycles. The second-order valence-corrected chi connectivity index (χ2v) is 11.5. The van der Waals surface area contributed by atoms with Gasteiger partial charge in [-0.3, -0.25) is 4.99 Å². The lowest BCUT2D eigenvalue weighted by Gasteiger charge is -2.38. The van der Waals surface area contributed by atoms with Crippen LogP contribution in [0, 0.1) is 26.7 Å². The zero-order valence-corrected chi connectivity index (χ0v) is 22.5. The first-order valence-corrected chi connectivity index (χ1v) is 13.1. The lowest BCUT2D eigenvalue weighted by Crippen LogP contribution is -2.49. The van der Waals surface area contributed by atoms with E-state index in [2.05, 4.69) is 88.4 Å². The van der Waals surface area contributed by atoms with Crippen LogP contribution in [0.4, 0.5) is 5.69 Å². The van der Waals surface area contributed by atoms with E-state index in [1.165, 1.54) is 41.0 Å². The fraction of sp³-hybridized carbons (Fsp3) is 0.571. The Labute approximate surface area is 205 Å². The number of aliphatic imine (C=N–C) groups is 1. The predicted molar refractivity (Wildman–Crippen MR) is 144 cm³/mol. The van der Waals surface area contributed by atoms with Gasteiger partial charge >= 0.3 is 0 Å². The number of thiazole rings is 1. The van der Waals surface area contributed by atoms with Gasteiger partial charge in [-0.15, -0.1) is 11.3 Å². The number of piperidine rings is 1. The molecule has 2 unspecified atom stereocenters. The van der Waals surface area contributed by atoms with Crippen molar-refractivity contribution in [1.82, 2.24) is 15.2 Å². The second kappa shape index (κ2) is 11.0. The van der Waals surface area contributed by atoms with Crippen LogP contribution in [-0.4, -0.2) is 34.7 Å². The van der Waals surface area contributed by atoms with Crippen molar-refractivity contribution < 1.29 is 0 Å². The number of nitrogens with one attached hydrogen (secondary N) is 1. The molecule has 2 heterocycles. The predicted octanol–water partition coefficient (Wildman–Crippen LogP) is 7.08. The maximum Gasteiger partial charge on any atom is 0.0897 e. The number of rotatable bonds is 9. The largest absolute Gasteiger partial charge is 0.375 e. The summed E-state index contributed by atoms with van der Waals surface area (Å²) in [4.78, 5) is 13.4. The lowest BCUT2D eigenvalue weighted by atomic mass is 9.89. The molecule has 0 bridgehead atoms. The van der Waals surface area contributed by atoms with E-state index in [1.54, 1.807) is 11.3 Å². The maximum absolute atomic E-state index is 5.13. The monoisotopic (exact) mass is 466 g/mol. The average molecular weight is 467 g/mol. The van der Waals surface area contributed by atoms with Crippen LogP contribution in [0.15, 0.2) is 41.7 Å². The van der Waals surface area contributed by atoms with Crippen molar-refractivity contribution in [2.24, 2.45) is 10.9 Å². The SMILES string of the molecule is C=C(CC(NC(C)(C)c1cnc(C)s1)C(C)C(C)=Nc1c(C)cccc1C)N1CCCCC1. The first-order valence-electron chi connectivity index (χ1n) is 12.3. The highest BCUT2D eigenvalue weighted by atomic mass is 32.1. The third-order valence-electron chi connectivity index (χ3n) is 7.03. The zero-order valence-electron chi connectivity index (χ0n) is 21.7. The Morgan fingerprint density at radius 2 is 1.82 bits per heavy atom. The second-order valence-electron chi connectivity index (χ2n) is 10.2. The number of hydrogen-bond donors (Lipinski definition) is 1. The van der Waals surface area contributed by atoms with Gasteiger partial charge in [-0.05, 0) is 71.9 Å². The summed E-state index contributed by atoms with van der Waals surface area (Å²) in [5, 5.41) is 5.10. The summed E-state index contributed by atoms with van der Waals surface area (Å²) in [6.07, 6.45) is 6.81. The molecule has 3 rings (SSSR count). The number of aromatic nitrogens is 1. The van der Waals surface area contributed by atoms with Gasteiger partial charge in [-0.2, -0.15) is 0 Å². The van der Waals surface area contributed by atoms with E-state index < -0.39 is 0 Å². The molecule has 4 nitrogen and oxygen atoms in total. The van der Waals surface area contributed by atoms with E-state index in [0.29, 0.717) is 0 Å². The molecule has 0 radical (unpaired) electrons. The van der Waals surface area contributed by atoms with Crippen molar-refractivity contribution in [1.29, 1.82) is 0 Å². The molecule has 2 atom stereocenters. The molecule has 1 fully saturated rings. The van der Waals surface area contributed by atoms with E-state index in [4.69, 9.17) is 4.99 Å². The fourth-order valence-corrected chi connectivity index (χ4v) is 5.53. The van der Waals surface area contributed by atoms with Crippen LogP contribution in [0.1, 0.15) is 74.4 Å². The zero-order chi connectivity index (χ0) is 24.2. The minimum Gasteiger partial charge on any atom is -0.375 e. The van der Waals surface area contributed by atoms with Crippen LogP contribution in [0.3, 0.4) is 0 Å². The van der Waals surface area contributed by atoms with Crippen LogP contribution < -0.4 is 5.32 Å². The van der Waals surface area contributed by atoms with Gasteiger partial charge in [0, 0.05) is 59.5 Å². The van der Waals surface area contributed by atoms with Crippen molar-refractivity contribution in [3.8, 4) is 0 Å². The highest BCUT2D eigenvalue weighted by Crippen LogP contribution is 2.31. The minimum atomic E-state index is -0.175. The van der Waals surface area contributed by atoms with Gasteiger partial charge in [0.1, 0.15) is 0 Å². The number of hydrogen-bond acceptors (Lipinski definition) is 5. The van der Waals surface area contributed by atoms with Crippen LogP contribution >= 0.6 is 11.3 Å². The summed E-state index contributed by atoms with van der Waals surface area (Å²) in [6.45, 7) is 22.2. The van der Waals surface area contributed by atoms with E-state index >= 15 is 0 Å². The van der Waals surface area contributed by atoms with Crippen LogP contribution in [-0.2, 0) is 5.54 Å². The molecule has 33 heavy (non-hydrogen) atoms. The van der Waals surface area contributed by atoms with E-state index in [-0.39, 0.29) is 17.5 Å². The standard InChI is InChI=1S/C28H42N4S/c1-19-13-12-14-20(2)27(19)30-23(5)22(4)25(17-21(3)32-15-10-9-11-16-32)31-28(7,8)26-18-29-24(6)33-26/h12-14,18,22,25,31H,3,9-11,15-17H2,1-2,4-8H3. The lowest BCUT2D eigenvalue weighted by molar-refractivity contribution is 0.249. The minimum absolute atomic E-state index is 0.175. The van der Waals surface area contributed by atoms with Gasteiger partial charge in [-0.1, -0.05) is 31.7 Å². The number of nitrogens with zero attached hydrogens (tertiary/aromatic N) is 3. The summed E-state index contributed by atoms with van der Waals surface area (Å²) >= 11 is 1.77. The molecule has 5 heteroatoms. The van der Waals surface area contributed by atoms with Crippen molar-refractivity contribution >= 4 is 22.7 Å². The number of para-hydroxylation sites is 1. The molecule has 1 aliphatic heterocycles. The first-order chi connectivity index (χ1) is 15.6. The van der Waals surface area contributed by atoms with Crippen LogP contribution in [0.5, 0.6) is 0 Å². The third-order valence-corrected chi connectivity index (χ3v) is 8.27. The fourth-order valence-electron chi connectivity index (χ4n) is 4.68. The number of benzene rings is 1. The Kier molecular flexibility index (Phi) is 8.52. The van der Waals surface area contributed by atoms with Gasteiger partial charge in [0.2, 0.25) is 0 Å². The molecule has 1 saturated heterocycles. The average Bonchev–Trinajstić information content (AvgIpc) is 3.23. The van der Waals surface area contributed by atoms with Crippen molar-refractivity contribution in [2.45, 2.75) is 85.7 Å². The first kappa shape index (κ1) is 25.6. The molecule has 0 amide bonds. The van der Waals surface area contributed by atoms with Crippen molar-refractivity contribution in [3.63, 3.8) is 0 Å². The highest BCUT2D eigenvalue weighted by molar-refractivity contribution is 7.11. The summed E-state index contributed by atoms with van der Waals surface area (Å²) in [5.41, 5.74) is 5.79. The van der Waals surface area contributed by atoms with Crippen LogP contribution in [0.2, 0.25) is 0 Å².